The van der Waals surface area contributed by atoms with E-state index in [1.54, 1.807) is 25.6 Å². The molecule has 0 bridgehead atoms. The molecule has 0 spiro atoms. The molecule has 0 atom stereocenters. The van der Waals surface area contributed by atoms with Crippen molar-refractivity contribution < 1.29 is 9.90 Å². The first-order valence-corrected chi connectivity index (χ1v) is 7.18. The number of carboxylic acids is 1. The fourth-order valence-electron chi connectivity index (χ4n) is 1.53. The topological polar surface area (TPSA) is 40.5 Å². The van der Waals surface area contributed by atoms with Gasteiger partial charge in [-0.25, -0.2) is 0 Å². The Kier molecular flexibility index (Phi) is 5.23. The first kappa shape index (κ1) is 15.1. The van der Waals surface area contributed by atoms with Crippen molar-refractivity contribution in [1.82, 2.24) is 4.90 Å². The summed E-state index contributed by atoms with van der Waals surface area (Å²) in [6.07, 6.45) is 2.92. The van der Waals surface area contributed by atoms with Crippen LogP contribution in [0.25, 0.3) is 0 Å². The summed E-state index contributed by atoms with van der Waals surface area (Å²) < 4.78 is 0. The zero-order chi connectivity index (χ0) is 13.8. The van der Waals surface area contributed by atoms with Gasteiger partial charge in [-0.1, -0.05) is 12.1 Å². The third kappa shape index (κ3) is 3.75. The van der Waals surface area contributed by atoms with Crippen LogP contribution in [0.3, 0.4) is 0 Å². The maximum absolute atomic E-state index is 11.1. The zero-order valence-electron chi connectivity index (χ0n) is 11.4. The minimum Gasteiger partial charge on any atom is -0.480 e. The smallest absolute Gasteiger partial charge is 0.323 e. The quantitative estimate of drug-likeness (QED) is 0.805. The summed E-state index contributed by atoms with van der Waals surface area (Å²) in [5.74, 6) is -0.789. The highest BCUT2D eigenvalue weighted by Crippen LogP contribution is 2.17. The lowest BCUT2D eigenvalue weighted by Crippen LogP contribution is -2.48. The summed E-state index contributed by atoms with van der Waals surface area (Å²) in [5.41, 5.74) is 0.417. The van der Waals surface area contributed by atoms with E-state index < -0.39 is 11.5 Å². The Hall–Kier alpha value is -1.00. The molecule has 0 unspecified atom stereocenters. The summed E-state index contributed by atoms with van der Waals surface area (Å²) in [6.45, 7) is 4.19. The highest BCUT2D eigenvalue weighted by Gasteiger charge is 2.31. The van der Waals surface area contributed by atoms with Crippen LogP contribution in [0.2, 0.25) is 0 Å². The van der Waals surface area contributed by atoms with Gasteiger partial charge in [0, 0.05) is 11.4 Å². The normalized spacial score (nSPS) is 11.8. The van der Waals surface area contributed by atoms with Gasteiger partial charge in [0.05, 0.1) is 0 Å². The molecular weight excluding hydrogens is 246 g/mol. The predicted octanol–water partition coefficient (Wildman–Crippen LogP) is 2.75. The van der Waals surface area contributed by atoms with Crippen LogP contribution in [-0.4, -0.2) is 41.4 Å². The van der Waals surface area contributed by atoms with E-state index in [0.29, 0.717) is 0 Å². The lowest BCUT2D eigenvalue weighted by molar-refractivity contribution is -0.148. The predicted molar refractivity (Wildman–Crippen MR) is 76.3 cm³/mol. The molecule has 0 heterocycles. The van der Waals surface area contributed by atoms with Crippen molar-refractivity contribution in [2.75, 3.05) is 19.8 Å². The fourth-order valence-corrected chi connectivity index (χ4v) is 1.94. The Morgan fingerprint density at radius 1 is 1.33 bits per heavy atom. The lowest BCUT2D eigenvalue weighted by atomic mass is 10.0. The fraction of sp³-hybridized carbons (Fsp3) is 0.500. The Labute approximate surface area is 113 Å². The third-order valence-corrected chi connectivity index (χ3v) is 4.12. The van der Waals surface area contributed by atoms with E-state index >= 15 is 0 Å². The molecule has 1 aromatic rings. The molecule has 0 saturated carbocycles. The molecule has 1 N–H and O–H groups in total. The van der Waals surface area contributed by atoms with Gasteiger partial charge in [-0.15, -0.1) is 11.8 Å². The summed E-state index contributed by atoms with van der Waals surface area (Å²) in [5, 5.41) is 9.13. The minimum absolute atomic E-state index is 0.734. The van der Waals surface area contributed by atoms with Gasteiger partial charge in [-0.3, -0.25) is 9.69 Å². The molecule has 0 radical (unpaired) electrons. The lowest BCUT2D eigenvalue weighted by Gasteiger charge is -2.31. The minimum atomic E-state index is -0.820. The Balaban J connectivity index is 2.56. The molecule has 1 aromatic carbocycles. The molecule has 100 valence electrons. The maximum atomic E-state index is 11.1. The van der Waals surface area contributed by atoms with Gasteiger partial charge in [0.1, 0.15) is 5.54 Å². The van der Waals surface area contributed by atoms with Crippen molar-refractivity contribution in [1.29, 1.82) is 0 Å². The van der Waals surface area contributed by atoms with Gasteiger partial charge < -0.3 is 5.11 Å². The van der Waals surface area contributed by atoms with Gasteiger partial charge in [-0.05, 0) is 51.3 Å². The summed E-state index contributed by atoms with van der Waals surface area (Å²) in [4.78, 5) is 14.2. The summed E-state index contributed by atoms with van der Waals surface area (Å²) in [6, 6.07) is 8.41. The van der Waals surface area contributed by atoms with Gasteiger partial charge >= 0.3 is 5.97 Å². The molecule has 0 fully saturated rings. The second-order valence-corrected chi connectivity index (χ2v) is 5.76. The number of carboxylic acid groups (broad SMARTS) is 1. The summed E-state index contributed by atoms with van der Waals surface area (Å²) >= 11 is 1.72. The van der Waals surface area contributed by atoms with Crippen LogP contribution in [0.1, 0.15) is 19.4 Å². The standard InChI is InChI=1S/C14H21NO2S/c1-14(2,13(16)17)15(3)10-9-11-5-7-12(18-4)8-6-11/h5-8H,9-10H2,1-4H3,(H,16,17). The monoisotopic (exact) mass is 267 g/mol. The van der Waals surface area contributed by atoms with E-state index in [-0.39, 0.29) is 0 Å². The number of likely N-dealkylation sites (N-methyl/N-ethyl adjacent to an activating group) is 1. The molecule has 0 aliphatic heterocycles. The van der Waals surface area contributed by atoms with Crippen molar-refractivity contribution in [3.8, 4) is 0 Å². The van der Waals surface area contributed by atoms with E-state index in [9.17, 15) is 4.79 Å². The number of rotatable bonds is 6. The Morgan fingerprint density at radius 2 is 1.89 bits per heavy atom. The van der Waals surface area contributed by atoms with Crippen molar-refractivity contribution in [3.05, 3.63) is 29.8 Å². The van der Waals surface area contributed by atoms with E-state index in [1.165, 1.54) is 10.5 Å². The highest BCUT2D eigenvalue weighted by molar-refractivity contribution is 7.98. The van der Waals surface area contributed by atoms with Gasteiger partial charge in [0.2, 0.25) is 0 Å². The average Bonchev–Trinajstić information content (AvgIpc) is 2.36. The van der Waals surface area contributed by atoms with Crippen molar-refractivity contribution >= 4 is 17.7 Å². The number of aliphatic carboxylic acids is 1. The van der Waals surface area contributed by atoms with Crippen LogP contribution in [0.15, 0.2) is 29.2 Å². The van der Waals surface area contributed by atoms with E-state index in [0.717, 1.165) is 13.0 Å². The van der Waals surface area contributed by atoms with Gasteiger partial charge in [0.25, 0.3) is 0 Å². The average molecular weight is 267 g/mol. The van der Waals surface area contributed by atoms with Crippen LogP contribution in [-0.2, 0) is 11.2 Å². The molecular formula is C14H21NO2S. The number of nitrogens with zero attached hydrogens (tertiary/aromatic N) is 1. The molecule has 0 aliphatic carbocycles. The third-order valence-electron chi connectivity index (χ3n) is 3.37. The molecule has 0 aliphatic rings. The SMILES string of the molecule is CSc1ccc(CCN(C)C(C)(C)C(=O)O)cc1. The first-order chi connectivity index (χ1) is 8.37. The van der Waals surface area contributed by atoms with E-state index in [1.807, 2.05) is 11.9 Å². The number of hydrogen-bond donors (Lipinski definition) is 1. The number of hydrogen-bond acceptors (Lipinski definition) is 3. The molecule has 18 heavy (non-hydrogen) atoms. The van der Waals surface area contributed by atoms with Crippen LogP contribution >= 0.6 is 11.8 Å². The molecule has 1 rings (SSSR count). The first-order valence-electron chi connectivity index (χ1n) is 5.95. The molecule has 4 heteroatoms. The molecule has 0 aromatic heterocycles. The Morgan fingerprint density at radius 3 is 2.33 bits per heavy atom. The van der Waals surface area contributed by atoms with Gasteiger partial charge in [0.15, 0.2) is 0 Å². The van der Waals surface area contributed by atoms with Crippen LogP contribution in [0.5, 0.6) is 0 Å². The van der Waals surface area contributed by atoms with E-state index in [4.69, 9.17) is 5.11 Å². The van der Waals surface area contributed by atoms with Crippen LogP contribution in [0.4, 0.5) is 0 Å². The van der Waals surface area contributed by atoms with Gasteiger partial charge in [-0.2, -0.15) is 0 Å². The Bertz CT molecular complexity index is 401. The zero-order valence-corrected chi connectivity index (χ0v) is 12.3. The van der Waals surface area contributed by atoms with Crippen molar-refractivity contribution in [2.24, 2.45) is 0 Å². The number of thioether (sulfide) groups is 1. The van der Waals surface area contributed by atoms with E-state index in [2.05, 4.69) is 30.5 Å². The maximum Gasteiger partial charge on any atom is 0.323 e. The molecule has 0 saturated heterocycles. The number of benzene rings is 1. The second kappa shape index (κ2) is 6.25. The highest BCUT2D eigenvalue weighted by atomic mass is 32.2. The van der Waals surface area contributed by atoms with Crippen molar-refractivity contribution in [3.63, 3.8) is 0 Å². The molecule has 0 amide bonds. The summed E-state index contributed by atoms with van der Waals surface area (Å²) in [7, 11) is 1.85. The second-order valence-electron chi connectivity index (χ2n) is 4.88. The van der Waals surface area contributed by atoms with Crippen LogP contribution < -0.4 is 0 Å². The largest absolute Gasteiger partial charge is 0.480 e. The van der Waals surface area contributed by atoms with Crippen LogP contribution in [0, 0.1) is 0 Å². The van der Waals surface area contributed by atoms with Crippen molar-refractivity contribution in [2.45, 2.75) is 30.7 Å². The number of carbonyl (C=O) groups is 1. The molecule has 3 nitrogen and oxygen atoms in total.